The molecule has 1 amide bonds. The van der Waals surface area contributed by atoms with E-state index < -0.39 is 0 Å². The van der Waals surface area contributed by atoms with Gasteiger partial charge in [-0.2, -0.15) is 4.98 Å². The molecule has 140 valence electrons. The maximum atomic E-state index is 12.1. The summed E-state index contributed by atoms with van der Waals surface area (Å²) in [6.45, 7) is 4.36. The van der Waals surface area contributed by atoms with Crippen molar-refractivity contribution in [1.82, 2.24) is 10.1 Å². The minimum Gasteiger partial charge on any atom is -0.494 e. The minimum absolute atomic E-state index is 0.110. The molecule has 0 saturated heterocycles. The summed E-state index contributed by atoms with van der Waals surface area (Å²) in [5.41, 5.74) is 1.42. The molecule has 1 aromatic heterocycles. The quantitative estimate of drug-likeness (QED) is 0.653. The second-order valence-corrected chi connectivity index (χ2v) is 5.69. The van der Waals surface area contributed by atoms with Crippen molar-refractivity contribution < 1.29 is 18.8 Å². The topological polar surface area (TPSA) is 86.5 Å². The molecule has 1 heterocycles. The fraction of sp³-hybridized carbons (Fsp3) is 0.250. The minimum atomic E-state index is -0.254. The van der Waals surface area contributed by atoms with E-state index in [1.165, 1.54) is 0 Å². The number of nitrogens with one attached hydrogen (secondary N) is 1. The highest BCUT2D eigenvalue weighted by Gasteiger charge is 2.10. The second-order valence-electron chi connectivity index (χ2n) is 5.69. The third kappa shape index (κ3) is 5.07. The summed E-state index contributed by atoms with van der Waals surface area (Å²) >= 11 is 0. The van der Waals surface area contributed by atoms with Gasteiger partial charge in [-0.05, 0) is 49.4 Å². The molecule has 3 aromatic rings. The van der Waals surface area contributed by atoms with Crippen molar-refractivity contribution in [1.29, 1.82) is 0 Å². The van der Waals surface area contributed by atoms with Gasteiger partial charge in [0.05, 0.1) is 6.61 Å². The number of carbonyl (C=O) groups is 1. The Morgan fingerprint density at radius 2 is 1.89 bits per heavy atom. The van der Waals surface area contributed by atoms with Crippen molar-refractivity contribution in [2.24, 2.45) is 0 Å². The summed E-state index contributed by atoms with van der Waals surface area (Å²) in [4.78, 5) is 16.4. The van der Waals surface area contributed by atoms with Crippen LogP contribution in [0.5, 0.6) is 11.5 Å². The van der Waals surface area contributed by atoms with Crippen LogP contribution in [0.25, 0.3) is 11.5 Å². The molecular formula is C20H21N3O4. The molecule has 3 rings (SSSR count). The van der Waals surface area contributed by atoms with Gasteiger partial charge in [0.25, 0.3) is 11.8 Å². The molecule has 0 aliphatic rings. The Bertz CT molecular complexity index is 890. The van der Waals surface area contributed by atoms with E-state index >= 15 is 0 Å². The van der Waals surface area contributed by atoms with Crippen LogP contribution in [0.4, 0.5) is 5.69 Å². The van der Waals surface area contributed by atoms with Crippen LogP contribution in [0.2, 0.25) is 0 Å². The molecular weight excluding hydrogens is 346 g/mol. The Balaban J connectivity index is 1.56. The van der Waals surface area contributed by atoms with Crippen LogP contribution >= 0.6 is 0 Å². The lowest BCUT2D eigenvalue weighted by atomic mass is 10.2. The van der Waals surface area contributed by atoms with Crippen LogP contribution in [0.15, 0.2) is 53.1 Å². The summed E-state index contributed by atoms with van der Waals surface area (Å²) in [6.07, 6.45) is 0.700. The molecule has 0 aliphatic carbocycles. The SMILES string of the molecule is CCOc1ccc(NC(=O)COc2cccc(-c3nc(CC)no3)c2)cc1. The van der Waals surface area contributed by atoms with Crippen LogP contribution in [0, 0.1) is 0 Å². The largest absolute Gasteiger partial charge is 0.494 e. The van der Waals surface area contributed by atoms with Crippen LogP contribution in [-0.2, 0) is 11.2 Å². The van der Waals surface area contributed by atoms with E-state index in [2.05, 4.69) is 15.5 Å². The third-order valence-corrected chi connectivity index (χ3v) is 3.68. The lowest BCUT2D eigenvalue weighted by Crippen LogP contribution is -2.20. The van der Waals surface area contributed by atoms with Crippen molar-refractivity contribution in [2.45, 2.75) is 20.3 Å². The highest BCUT2D eigenvalue weighted by atomic mass is 16.5. The van der Waals surface area contributed by atoms with Crippen molar-refractivity contribution >= 4 is 11.6 Å². The highest BCUT2D eigenvalue weighted by molar-refractivity contribution is 5.91. The van der Waals surface area contributed by atoms with Crippen LogP contribution in [-0.4, -0.2) is 29.3 Å². The molecule has 7 nitrogen and oxygen atoms in total. The molecule has 0 unspecified atom stereocenters. The zero-order valence-electron chi connectivity index (χ0n) is 15.3. The molecule has 0 radical (unpaired) electrons. The van der Waals surface area contributed by atoms with E-state index in [-0.39, 0.29) is 12.5 Å². The number of nitrogens with zero attached hydrogens (tertiary/aromatic N) is 2. The summed E-state index contributed by atoms with van der Waals surface area (Å²) in [6, 6.07) is 14.4. The smallest absolute Gasteiger partial charge is 0.262 e. The van der Waals surface area contributed by atoms with Gasteiger partial charge in [0, 0.05) is 17.7 Å². The number of amides is 1. The van der Waals surface area contributed by atoms with E-state index in [1.807, 2.05) is 26.0 Å². The lowest BCUT2D eigenvalue weighted by Gasteiger charge is -2.09. The van der Waals surface area contributed by atoms with Gasteiger partial charge in [0.15, 0.2) is 12.4 Å². The van der Waals surface area contributed by atoms with E-state index in [1.54, 1.807) is 36.4 Å². The van der Waals surface area contributed by atoms with Crippen molar-refractivity contribution in [3.05, 3.63) is 54.4 Å². The average Bonchev–Trinajstić information content (AvgIpc) is 3.18. The summed E-state index contributed by atoms with van der Waals surface area (Å²) in [5, 5.41) is 6.66. The Morgan fingerprint density at radius 1 is 1.07 bits per heavy atom. The Hall–Kier alpha value is -3.35. The zero-order valence-corrected chi connectivity index (χ0v) is 15.3. The third-order valence-electron chi connectivity index (χ3n) is 3.68. The number of carbonyl (C=O) groups excluding carboxylic acids is 1. The first kappa shape index (κ1) is 18.4. The zero-order chi connectivity index (χ0) is 19.1. The number of hydrogen-bond acceptors (Lipinski definition) is 6. The van der Waals surface area contributed by atoms with E-state index in [0.29, 0.717) is 36.2 Å². The number of hydrogen-bond donors (Lipinski definition) is 1. The Labute approximate surface area is 157 Å². The van der Waals surface area contributed by atoms with Gasteiger partial charge >= 0.3 is 0 Å². The first-order chi connectivity index (χ1) is 13.2. The van der Waals surface area contributed by atoms with Gasteiger partial charge in [-0.1, -0.05) is 18.1 Å². The van der Waals surface area contributed by atoms with Gasteiger partial charge in [-0.15, -0.1) is 0 Å². The van der Waals surface area contributed by atoms with E-state index in [9.17, 15) is 4.79 Å². The standard InChI is InChI=1S/C20H21N3O4/c1-3-18-22-20(27-23-18)14-6-5-7-17(12-14)26-13-19(24)21-15-8-10-16(11-9-15)25-4-2/h5-12H,3-4,13H2,1-2H3,(H,21,24). The fourth-order valence-corrected chi connectivity index (χ4v) is 2.38. The van der Waals surface area contributed by atoms with Crippen molar-refractivity contribution in [3.8, 4) is 23.0 Å². The Morgan fingerprint density at radius 3 is 2.59 bits per heavy atom. The van der Waals surface area contributed by atoms with Gasteiger partial charge < -0.3 is 19.3 Å². The highest BCUT2D eigenvalue weighted by Crippen LogP contribution is 2.22. The molecule has 0 saturated carbocycles. The van der Waals surface area contributed by atoms with Gasteiger partial charge in [0.1, 0.15) is 11.5 Å². The molecule has 2 aromatic carbocycles. The molecule has 27 heavy (non-hydrogen) atoms. The normalized spacial score (nSPS) is 10.4. The van der Waals surface area contributed by atoms with Gasteiger partial charge in [-0.25, -0.2) is 0 Å². The number of benzene rings is 2. The molecule has 0 atom stereocenters. The van der Waals surface area contributed by atoms with Gasteiger partial charge in [-0.3, -0.25) is 4.79 Å². The molecule has 0 bridgehead atoms. The lowest BCUT2D eigenvalue weighted by molar-refractivity contribution is -0.118. The number of ether oxygens (including phenoxy) is 2. The van der Waals surface area contributed by atoms with Crippen LogP contribution in [0.3, 0.4) is 0 Å². The maximum Gasteiger partial charge on any atom is 0.262 e. The molecule has 0 spiro atoms. The fourth-order valence-electron chi connectivity index (χ4n) is 2.38. The van der Waals surface area contributed by atoms with E-state index in [0.717, 1.165) is 11.3 Å². The molecule has 1 N–H and O–H groups in total. The number of rotatable bonds is 8. The van der Waals surface area contributed by atoms with Crippen LogP contribution in [0.1, 0.15) is 19.7 Å². The predicted octanol–water partition coefficient (Wildman–Crippen LogP) is 3.72. The Kier molecular flexibility index (Phi) is 6.04. The van der Waals surface area contributed by atoms with Crippen LogP contribution < -0.4 is 14.8 Å². The first-order valence-electron chi connectivity index (χ1n) is 8.76. The molecule has 0 aliphatic heterocycles. The average molecular weight is 367 g/mol. The van der Waals surface area contributed by atoms with E-state index in [4.69, 9.17) is 14.0 Å². The monoisotopic (exact) mass is 367 g/mol. The number of aromatic nitrogens is 2. The number of aryl methyl sites for hydroxylation is 1. The summed E-state index contributed by atoms with van der Waals surface area (Å²) < 4.78 is 16.2. The second kappa shape index (κ2) is 8.84. The molecule has 0 fully saturated rings. The molecule has 7 heteroatoms. The summed E-state index contributed by atoms with van der Waals surface area (Å²) in [5.74, 6) is 2.12. The summed E-state index contributed by atoms with van der Waals surface area (Å²) in [7, 11) is 0. The predicted molar refractivity (Wildman–Crippen MR) is 101 cm³/mol. The maximum absolute atomic E-state index is 12.1. The van der Waals surface area contributed by atoms with Crippen molar-refractivity contribution in [2.75, 3.05) is 18.5 Å². The first-order valence-corrected chi connectivity index (χ1v) is 8.76. The van der Waals surface area contributed by atoms with Crippen molar-refractivity contribution in [3.63, 3.8) is 0 Å². The van der Waals surface area contributed by atoms with Gasteiger partial charge in [0.2, 0.25) is 0 Å². The number of anilines is 1.